The molecule has 0 radical (unpaired) electrons. The van der Waals surface area contributed by atoms with Crippen LogP contribution in [0.15, 0.2) is 30.3 Å². The van der Waals surface area contributed by atoms with Crippen molar-refractivity contribution >= 4 is 28.5 Å². The highest BCUT2D eigenvalue weighted by molar-refractivity contribution is 7.15. The highest BCUT2D eigenvalue weighted by Gasteiger charge is 2.22. The van der Waals surface area contributed by atoms with Crippen LogP contribution in [0.3, 0.4) is 0 Å². The van der Waals surface area contributed by atoms with Crippen molar-refractivity contribution in [3.05, 3.63) is 40.9 Å². The Kier molecular flexibility index (Phi) is 4.99. The van der Waals surface area contributed by atoms with E-state index in [1.54, 1.807) is 13.2 Å². The predicted octanol–water partition coefficient (Wildman–Crippen LogP) is 3.05. The molecule has 0 aliphatic carbocycles. The van der Waals surface area contributed by atoms with E-state index in [0.717, 1.165) is 30.0 Å². The van der Waals surface area contributed by atoms with Gasteiger partial charge in [0.05, 0.1) is 7.11 Å². The van der Waals surface area contributed by atoms with Gasteiger partial charge in [-0.3, -0.25) is 10.1 Å². The Bertz CT molecular complexity index is 708. The molecule has 1 aliphatic heterocycles. The van der Waals surface area contributed by atoms with Crippen LogP contribution >= 0.6 is 11.3 Å². The number of carbonyl (C=O) groups is 1. The van der Waals surface area contributed by atoms with Crippen molar-refractivity contribution < 1.29 is 14.3 Å². The maximum atomic E-state index is 12.0. The number of carbonyl (C=O) groups excluding carboxylic acids is 1. The van der Waals surface area contributed by atoms with E-state index in [1.807, 2.05) is 24.3 Å². The third kappa shape index (κ3) is 3.94. The number of hydrogen-bond acceptors (Lipinski definition) is 6. The van der Waals surface area contributed by atoms with E-state index in [-0.39, 0.29) is 12.0 Å². The van der Waals surface area contributed by atoms with E-state index in [1.165, 1.54) is 17.4 Å². The highest BCUT2D eigenvalue weighted by Crippen LogP contribution is 2.31. The number of aromatic nitrogens is 2. The van der Waals surface area contributed by atoms with Crippen LogP contribution in [0, 0.1) is 0 Å². The van der Waals surface area contributed by atoms with Gasteiger partial charge in [-0.2, -0.15) is 0 Å². The number of nitrogens with one attached hydrogen (secondary N) is 1. The van der Waals surface area contributed by atoms with Gasteiger partial charge in [0.15, 0.2) is 0 Å². The van der Waals surface area contributed by atoms with Crippen LogP contribution < -0.4 is 10.1 Å². The molecule has 23 heavy (non-hydrogen) atoms. The van der Waals surface area contributed by atoms with Crippen LogP contribution in [0.25, 0.3) is 6.08 Å². The Hall–Kier alpha value is -2.25. The minimum Gasteiger partial charge on any atom is -0.496 e. The third-order valence-corrected chi connectivity index (χ3v) is 4.36. The molecule has 1 aromatic heterocycles. The Morgan fingerprint density at radius 2 is 2.30 bits per heavy atom. The third-order valence-electron chi connectivity index (χ3n) is 3.43. The summed E-state index contributed by atoms with van der Waals surface area (Å²) in [5.41, 5.74) is 0.836. The summed E-state index contributed by atoms with van der Waals surface area (Å²) in [5.74, 6) is 0.457. The molecule has 6 nitrogen and oxygen atoms in total. The van der Waals surface area contributed by atoms with Crippen molar-refractivity contribution in [3.8, 4) is 5.75 Å². The number of ether oxygens (including phenoxy) is 2. The molecule has 1 aromatic carbocycles. The molecule has 2 heterocycles. The summed E-state index contributed by atoms with van der Waals surface area (Å²) in [4.78, 5) is 12.0. The SMILES string of the molecule is COc1ccccc1/C=C/C(=O)Nc1nnc([C@H]2CCCO2)s1. The highest BCUT2D eigenvalue weighted by atomic mass is 32.1. The van der Waals surface area contributed by atoms with E-state index < -0.39 is 0 Å². The van der Waals surface area contributed by atoms with Gasteiger partial charge in [0.2, 0.25) is 11.0 Å². The fraction of sp³-hybridized carbons (Fsp3) is 0.312. The molecule has 1 atom stereocenters. The molecule has 0 bridgehead atoms. The Balaban J connectivity index is 1.62. The first-order chi connectivity index (χ1) is 11.3. The lowest BCUT2D eigenvalue weighted by Gasteiger charge is -2.03. The van der Waals surface area contributed by atoms with Crippen LogP contribution in [-0.2, 0) is 9.53 Å². The summed E-state index contributed by atoms with van der Waals surface area (Å²) < 4.78 is 10.8. The number of benzene rings is 1. The van der Waals surface area contributed by atoms with Gasteiger partial charge in [-0.05, 0) is 25.0 Å². The fourth-order valence-corrected chi connectivity index (χ4v) is 3.13. The molecule has 0 unspecified atom stereocenters. The van der Waals surface area contributed by atoms with Crippen LogP contribution in [0.1, 0.15) is 29.5 Å². The number of para-hydroxylation sites is 1. The van der Waals surface area contributed by atoms with Crippen molar-refractivity contribution in [1.29, 1.82) is 0 Å². The quantitative estimate of drug-likeness (QED) is 0.853. The second kappa shape index (κ2) is 7.34. The number of hydrogen-bond donors (Lipinski definition) is 1. The molecule has 1 amide bonds. The summed E-state index contributed by atoms with van der Waals surface area (Å²) in [6.45, 7) is 0.758. The standard InChI is InChI=1S/C16H17N3O3S/c1-21-12-6-3-2-5-11(12)8-9-14(20)17-16-19-18-15(23-16)13-7-4-10-22-13/h2-3,5-6,8-9,13H,4,7,10H2,1H3,(H,17,19,20)/b9-8+/t13-/m1/s1. The molecule has 3 rings (SSSR count). The summed E-state index contributed by atoms with van der Waals surface area (Å²) in [5, 5.41) is 12.1. The van der Waals surface area contributed by atoms with Crippen LogP contribution in [0.2, 0.25) is 0 Å². The minimum atomic E-state index is -0.258. The number of amides is 1. The smallest absolute Gasteiger partial charge is 0.250 e. The van der Waals surface area contributed by atoms with Gasteiger partial charge >= 0.3 is 0 Å². The first-order valence-corrected chi connectivity index (χ1v) is 8.15. The zero-order valence-corrected chi connectivity index (χ0v) is 13.5. The van der Waals surface area contributed by atoms with Gasteiger partial charge in [-0.25, -0.2) is 0 Å². The maximum Gasteiger partial charge on any atom is 0.250 e. The van der Waals surface area contributed by atoms with Gasteiger partial charge in [0.25, 0.3) is 0 Å². The molecule has 7 heteroatoms. The lowest BCUT2D eigenvalue weighted by molar-refractivity contribution is -0.111. The summed E-state index contributed by atoms with van der Waals surface area (Å²) >= 11 is 1.35. The molecule has 1 saturated heterocycles. The number of methoxy groups -OCH3 is 1. The molecular formula is C16H17N3O3S. The second-order valence-electron chi connectivity index (χ2n) is 5.01. The summed E-state index contributed by atoms with van der Waals surface area (Å²) in [6, 6.07) is 7.49. The summed E-state index contributed by atoms with van der Waals surface area (Å²) in [6.07, 6.45) is 5.16. The van der Waals surface area contributed by atoms with Crippen LogP contribution in [-0.4, -0.2) is 29.8 Å². The Labute approximate surface area is 138 Å². The van der Waals surface area contributed by atoms with E-state index in [9.17, 15) is 4.79 Å². The van der Waals surface area contributed by atoms with Crippen molar-refractivity contribution in [2.45, 2.75) is 18.9 Å². The van der Waals surface area contributed by atoms with E-state index in [2.05, 4.69) is 15.5 Å². The summed E-state index contributed by atoms with van der Waals surface area (Å²) in [7, 11) is 1.60. The Morgan fingerprint density at radius 1 is 1.43 bits per heavy atom. The first kappa shape index (κ1) is 15.6. The predicted molar refractivity (Wildman–Crippen MR) is 88.5 cm³/mol. The lowest BCUT2D eigenvalue weighted by atomic mass is 10.2. The number of nitrogens with zero attached hydrogens (tertiary/aromatic N) is 2. The average molecular weight is 331 g/mol. The number of anilines is 1. The fourth-order valence-electron chi connectivity index (χ4n) is 2.30. The van der Waals surface area contributed by atoms with Gasteiger partial charge in [-0.15, -0.1) is 10.2 Å². The Morgan fingerprint density at radius 3 is 3.09 bits per heavy atom. The average Bonchev–Trinajstić information content (AvgIpc) is 3.24. The molecule has 1 aliphatic rings. The molecule has 120 valence electrons. The van der Waals surface area contributed by atoms with E-state index >= 15 is 0 Å². The molecule has 2 aromatic rings. The van der Waals surface area contributed by atoms with Gasteiger partial charge in [0.1, 0.15) is 16.9 Å². The molecule has 0 saturated carbocycles. The molecule has 1 N–H and O–H groups in total. The minimum absolute atomic E-state index is 0.0160. The zero-order valence-electron chi connectivity index (χ0n) is 12.7. The van der Waals surface area contributed by atoms with Gasteiger partial charge < -0.3 is 9.47 Å². The first-order valence-electron chi connectivity index (χ1n) is 7.33. The monoisotopic (exact) mass is 331 g/mol. The van der Waals surface area contributed by atoms with Crippen molar-refractivity contribution in [3.63, 3.8) is 0 Å². The number of rotatable bonds is 5. The zero-order chi connectivity index (χ0) is 16.1. The van der Waals surface area contributed by atoms with Crippen molar-refractivity contribution in [2.75, 3.05) is 19.0 Å². The molecular weight excluding hydrogens is 314 g/mol. The lowest BCUT2D eigenvalue weighted by Crippen LogP contribution is -2.07. The molecule has 1 fully saturated rings. The van der Waals surface area contributed by atoms with Crippen LogP contribution in [0.4, 0.5) is 5.13 Å². The topological polar surface area (TPSA) is 73.3 Å². The van der Waals surface area contributed by atoms with Crippen LogP contribution in [0.5, 0.6) is 5.75 Å². The maximum absolute atomic E-state index is 12.0. The van der Waals surface area contributed by atoms with Gasteiger partial charge in [0, 0.05) is 18.2 Å². The van der Waals surface area contributed by atoms with E-state index in [4.69, 9.17) is 9.47 Å². The largest absolute Gasteiger partial charge is 0.496 e. The van der Waals surface area contributed by atoms with E-state index in [0.29, 0.717) is 10.9 Å². The van der Waals surface area contributed by atoms with Gasteiger partial charge in [-0.1, -0.05) is 29.5 Å². The second-order valence-corrected chi connectivity index (χ2v) is 6.02. The van der Waals surface area contributed by atoms with Crippen molar-refractivity contribution in [1.82, 2.24) is 10.2 Å². The normalized spacial score (nSPS) is 17.5. The van der Waals surface area contributed by atoms with Crippen molar-refractivity contribution in [2.24, 2.45) is 0 Å². The molecule has 0 spiro atoms.